The monoisotopic (exact) mass is 392 g/mol. The Morgan fingerprint density at radius 1 is 0.963 bits per heavy atom. The van der Waals surface area contributed by atoms with Gasteiger partial charge < -0.3 is 14.8 Å². The summed E-state index contributed by atoms with van der Waals surface area (Å²) in [4.78, 5) is 11.9. The van der Waals surface area contributed by atoms with Crippen molar-refractivity contribution in [2.45, 2.75) is 18.2 Å². The molecule has 0 aromatic heterocycles. The summed E-state index contributed by atoms with van der Waals surface area (Å²) < 4.78 is 37.2. The number of hydrogen-bond donors (Lipinski definition) is 2. The number of methoxy groups -OCH3 is 1. The fourth-order valence-electron chi connectivity index (χ4n) is 2.22. The Labute approximate surface area is 159 Å². The first kappa shape index (κ1) is 20.7. The molecule has 2 N–H and O–H groups in total. The van der Waals surface area contributed by atoms with Crippen LogP contribution in [0.4, 0.5) is 0 Å². The van der Waals surface area contributed by atoms with Crippen LogP contribution >= 0.6 is 0 Å². The van der Waals surface area contributed by atoms with Crippen molar-refractivity contribution in [2.75, 3.05) is 26.8 Å². The molecule has 7 nitrogen and oxygen atoms in total. The van der Waals surface area contributed by atoms with Crippen molar-refractivity contribution in [3.8, 4) is 11.5 Å². The standard InChI is InChI=1S/C19H24N2O5S/c1-15-3-5-17(6-4-15)26-14-13-20-19(22)11-12-21-27(23,24)18-9-7-16(25-2)8-10-18/h3-10,21H,11-14H2,1-2H3,(H,20,22). The number of aryl methyl sites for hydroxylation is 1. The second kappa shape index (κ2) is 9.94. The van der Waals surface area contributed by atoms with Gasteiger partial charge in [-0.3, -0.25) is 4.79 Å². The predicted octanol–water partition coefficient (Wildman–Crippen LogP) is 1.87. The van der Waals surface area contributed by atoms with Gasteiger partial charge in [0.2, 0.25) is 15.9 Å². The summed E-state index contributed by atoms with van der Waals surface area (Å²) >= 11 is 0. The summed E-state index contributed by atoms with van der Waals surface area (Å²) in [5, 5.41) is 2.69. The average molecular weight is 392 g/mol. The molecule has 0 heterocycles. The topological polar surface area (TPSA) is 93.7 Å². The Morgan fingerprint density at radius 3 is 2.22 bits per heavy atom. The van der Waals surface area contributed by atoms with Gasteiger partial charge in [0, 0.05) is 13.0 Å². The fourth-order valence-corrected chi connectivity index (χ4v) is 3.25. The zero-order valence-corrected chi connectivity index (χ0v) is 16.2. The highest BCUT2D eigenvalue weighted by Crippen LogP contribution is 2.15. The van der Waals surface area contributed by atoms with E-state index in [0.29, 0.717) is 18.9 Å². The van der Waals surface area contributed by atoms with E-state index in [1.54, 1.807) is 12.1 Å². The molecule has 8 heteroatoms. The molecule has 0 saturated carbocycles. The van der Waals surface area contributed by atoms with Crippen LogP contribution in [0.25, 0.3) is 0 Å². The minimum absolute atomic E-state index is 0.0129. The van der Waals surface area contributed by atoms with Gasteiger partial charge in [0.25, 0.3) is 0 Å². The Hall–Kier alpha value is -2.58. The number of nitrogens with one attached hydrogen (secondary N) is 2. The van der Waals surface area contributed by atoms with Crippen molar-refractivity contribution in [3.05, 3.63) is 54.1 Å². The minimum atomic E-state index is -3.66. The molecule has 0 unspecified atom stereocenters. The van der Waals surface area contributed by atoms with Crippen molar-refractivity contribution in [2.24, 2.45) is 0 Å². The molecule has 146 valence electrons. The van der Waals surface area contributed by atoms with Crippen LogP contribution in [0.1, 0.15) is 12.0 Å². The summed E-state index contributed by atoms with van der Waals surface area (Å²) in [6.45, 7) is 2.69. The lowest BCUT2D eigenvalue weighted by Gasteiger charge is -2.09. The highest BCUT2D eigenvalue weighted by Gasteiger charge is 2.14. The first-order chi connectivity index (χ1) is 12.9. The highest BCUT2D eigenvalue weighted by molar-refractivity contribution is 7.89. The molecule has 2 aromatic carbocycles. The molecule has 0 spiro atoms. The number of amides is 1. The Balaban J connectivity index is 1.66. The molecule has 0 fully saturated rings. The second-order valence-corrected chi connectivity index (χ2v) is 7.60. The largest absolute Gasteiger partial charge is 0.497 e. The number of rotatable bonds is 10. The van der Waals surface area contributed by atoms with Crippen LogP contribution in [0.3, 0.4) is 0 Å². The molecule has 2 rings (SSSR count). The number of carbonyl (C=O) groups excluding carboxylic acids is 1. The summed E-state index contributed by atoms with van der Waals surface area (Å²) in [5.74, 6) is 1.06. The Bertz CT molecular complexity index is 833. The van der Waals surface area contributed by atoms with E-state index in [9.17, 15) is 13.2 Å². The van der Waals surface area contributed by atoms with E-state index in [2.05, 4.69) is 10.0 Å². The van der Waals surface area contributed by atoms with Crippen molar-refractivity contribution in [1.29, 1.82) is 0 Å². The lowest BCUT2D eigenvalue weighted by molar-refractivity contribution is -0.121. The Morgan fingerprint density at radius 2 is 1.59 bits per heavy atom. The summed E-state index contributed by atoms with van der Waals surface area (Å²) in [5.41, 5.74) is 1.15. The van der Waals surface area contributed by atoms with E-state index in [-0.39, 0.29) is 23.8 Å². The van der Waals surface area contributed by atoms with E-state index in [0.717, 1.165) is 11.3 Å². The number of carbonyl (C=O) groups is 1. The lowest BCUT2D eigenvalue weighted by Crippen LogP contribution is -2.32. The van der Waals surface area contributed by atoms with Crippen LogP contribution in [0.2, 0.25) is 0 Å². The molecule has 27 heavy (non-hydrogen) atoms. The lowest BCUT2D eigenvalue weighted by atomic mass is 10.2. The molecule has 1 amide bonds. The number of sulfonamides is 1. The zero-order valence-electron chi connectivity index (χ0n) is 15.4. The van der Waals surface area contributed by atoms with Crippen molar-refractivity contribution in [3.63, 3.8) is 0 Å². The van der Waals surface area contributed by atoms with E-state index < -0.39 is 10.0 Å². The smallest absolute Gasteiger partial charge is 0.240 e. The molecule has 0 atom stereocenters. The first-order valence-corrected chi connectivity index (χ1v) is 9.99. The number of hydrogen-bond acceptors (Lipinski definition) is 5. The van der Waals surface area contributed by atoms with Gasteiger partial charge in [0.1, 0.15) is 18.1 Å². The molecule has 0 saturated heterocycles. The maximum absolute atomic E-state index is 12.2. The van der Waals surface area contributed by atoms with Gasteiger partial charge in [-0.1, -0.05) is 17.7 Å². The number of ether oxygens (including phenoxy) is 2. The van der Waals surface area contributed by atoms with Gasteiger partial charge in [-0.15, -0.1) is 0 Å². The van der Waals surface area contributed by atoms with Crippen LogP contribution in [0, 0.1) is 6.92 Å². The normalized spacial score (nSPS) is 11.0. The third-order valence-corrected chi connectivity index (χ3v) is 5.20. The summed E-state index contributed by atoms with van der Waals surface area (Å²) in [6, 6.07) is 13.7. The summed E-state index contributed by atoms with van der Waals surface area (Å²) in [7, 11) is -2.15. The number of benzene rings is 2. The van der Waals surface area contributed by atoms with Crippen LogP contribution < -0.4 is 19.5 Å². The van der Waals surface area contributed by atoms with Gasteiger partial charge in [-0.05, 0) is 43.3 Å². The van der Waals surface area contributed by atoms with Gasteiger partial charge in [-0.2, -0.15) is 0 Å². The third kappa shape index (κ3) is 6.92. The molecular formula is C19H24N2O5S. The van der Waals surface area contributed by atoms with Crippen molar-refractivity contribution >= 4 is 15.9 Å². The maximum Gasteiger partial charge on any atom is 0.240 e. The van der Waals surface area contributed by atoms with Crippen LogP contribution in [0.5, 0.6) is 11.5 Å². The van der Waals surface area contributed by atoms with Crippen molar-refractivity contribution < 1.29 is 22.7 Å². The molecule has 0 aliphatic heterocycles. The van der Waals surface area contributed by atoms with Crippen LogP contribution in [-0.2, 0) is 14.8 Å². The van der Waals surface area contributed by atoms with E-state index >= 15 is 0 Å². The van der Waals surface area contributed by atoms with Gasteiger partial charge in [-0.25, -0.2) is 13.1 Å². The minimum Gasteiger partial charge on any atom is -0.497 e. The molecule has 0 aliphatic rings. The van der Waals surface area contributed by atoms with Crippen LogP contribution in [0.15, 0.2) is 53.4 Å². The quantitative estimate of drug-likeness (QED) is 0.602. The SMILES string of the molecule is COc1ccc(S(=O)(=O)NCCC(=O)NCCOc2ccc(C)cc2)cc1. The summed E-state index contributed by atoms with van der Waals surface area (Å²) in [6.07, 6.45) is 0.0416. The molecule has 2 aromatic rings. The zero-order chi connectivity index (χ0) is 19.7. The van der Waals surface area contributed by atoms with E-state index in [4.69, 9.17) is 9.47 Å². The molecular weight excluding hydrogens is 368 g/mol. The van der Waals surface area contributed by atoms with E-state index in [1.165, 1.54) is 19.2 Å². The molecule has 0 aliphatic carbocycles. The van der Waals surface area contributed by atoms with Gasteiger partial charge in [0.15, 0.2) is 0 Å². The molecule has 0 radical (unpaired) electrons. The fraction of sp³-hybridized carbons (Fsp3) is 0.316. The van der Waals surface area contributed by atoms with Gasteiger partial charge in [0.05, 0.1) is 18.6 Å². The molecule has 0 bridgehead atoms. The van der Waals surface area contributed by atoms with Crippen LogP contribution in [-0.4, -0.2) is 41.1 Å². The van der Waals surface area contributed by atoms with Crippen molar-refractivity contribution in [1.82, 2.24) is 10.0 Å². The van der Waals surface area contributed by atoms with Gasteiger partial charge >= 0.3 is 0 Å². The average Bonchev–Trinajstić information content (AvgIpc) is 2.66. The first-order valence-electron chi connectivity index (χ1n) is 8.50. The second-order valence-electron chi connectivity index (χ2n) is 5.83. The Kier molecular flexibility index (Phi) is 7.63. The maximum atomic E-state index is 12.2. The predicted molar refractivity (Wildman–Crippen MR) is 102 cm³/mol. The third-order valence-electron chi connectivity index (χ3n) is 3.73. The van der Waals surface area contributed by atoms with E-state index in [1.807, 2.05) is 31.2 Å². The highest BCUT2D eigenvalue weighted by atomic mass is 32.2.